The monoisotopic (exact) mass is 258 g/mol. The van der Waals surface area contributed by atoms with Crippen molar-refractivity contribution < 1.29 is 9.53 Å². The normalized spacial score (nSPS) is 29.6. The van der Waals surface area contributed by atoms with Crippen molar-refractivity contribution in [3.05, 3.63) is 29.8 Å². The summed E-state index contributed by atoms with van der Waals surface area (Å²) in [5.74, 6) is 2.32. The van der Waals surface area contributed by atoms with Crippen LogP contribution in [0.4, 0.5) is 0 Å². The molecule has 3 atom stereocenters. The highest BCUT2D eigenvalue weighted by molar-refractivity contribution is 5.89. The van der Waals surface area contributed by atoms with E-state index < -0.39 is 0 Å². The Balaban J connectivity index is 1.75. The molecular formula is C17H22O2. The highest BCUT2D eigenvalue weighted by Crippen LogP contribution is 2.39. The molecule has 1 aliphatic carbocycles. The number of rotatable bonds is 3. The minimum atomic E-state index is -0.0168. The predicted molar refractivity (Wildman–Crippen MR) is 75.4 cm³/mol. The molecule has 0 radical (unpaired) electrons. The Morgan fingerprint density at radius 3 is 3.00 bits per heavy atom. The summed E-state index contributed by atoms with van der Waals surface area (Å²) in [6.45, 7) is 2.79. The summed E-state index contributed by atoms with van der Waals surface area (Å²) in [4.78, 5) is 12.7. The molecule has 2 nitrogen and oxygen atoms in total. The van der Waals surface area contributed by atoms with Gasteiger partial charge in [-0.05, 0) is 24.8 Å². The number of benzene rings is 1. The average molecular weight is 258 g/mol. The van der Waals surface area contributed by atoms with E-state index in [9.17, 15) is 4.79 Å². The van der Waals surface area contributed by atoms with Gasteiger partial charge in [-0.15, -0.1) is 0 Å². The molecule has 102 valence electrons. The van der Waals surface area contributed by atoms with Gasteiger partial charge in [0.25, 0.3) is 0 Å². The molecule has 1 saturated carbocycles. The van der Waals surface area contributed by atoms with Crippen molar-refractivity contribution in [1.29, 1.82) is 0 Å². The van der Waals surface area contributed by atoms with E-state index >= 15 is 0 Å². The van der Waals surface area contributed by atoms with Gasteiger partial charge in [0.05, 0.1) is 5.92 Å². The number of carbonyl (C=O) groups is 1. The van der Waals surface area contributed by atoms with E-state index in [2.05, 4.69) is 6.92 Å². The molecule has 0 bridgehead atoms. The largest absolute Gasteiger partial charge is 0.492 e. The molecule has 0 N–H and O–H groups in total. The molecule has 1 aromatic carbocycles. The zero-order valence-corrected chi connectivity index (χ0v) is 11.6. The Hall–Kier alpha value is -1.31. The van der Waals surface area contributed by atoms with Crippen LogP contribution in [-0.2, 0) is 4.79 Å². The summed E-state index contributed by atoms with van der Waals surface area (Å²) in [7, 11) is 0. The Bertz CT molecular complexity index is 466. The van der Waals surface area contributed by atoms with Crippen molar-refractivity contribution in [3.63, 3.8) is 0 Å². The van der Waals surface area contributed by atoms with Crippen LogP contribution in [0.5, 0.6) is 5.75 Å². The molecule has 2 aliphatic rings. The second-order valence-electron chi connectivity index (χ2n) is 5.94. The first-order valence-electron chi connectivity index (χ1n) is 7.55. The van der Waals surface area contributed by atoms with Crippen LogP contribution in [0.15, 0.2) is 24.3 Å². The number of ketones is 1. The third-order valence-electron chi connectivity index (χ3n) is 4.81. The Morgan fingerprint density at radius 2 is 2.16 bits per heavy atom. The molecule has 1 fully saturated rings. The second-order valence-corrected chi connectivity index (χ2v) is 5.94. The summed E-state index contributed by atoms with van der Waals surface area (Å²) in [5, 5.41) is 0. The number of para-hydroxylation sites is 1. The fraction of sp³-hybridized carbons (Fsp3) is 0.588. The zero-order chi connectivity index (χ0) is 13.2. The molecule has 19 heavy (non-hydrogen) atoms. The smallest absolute Gasteiger partial charge is 0.146 e. The molecular weight excluding hydrogens is 236 g/mol. The molecule has 0 aromatic heterocycles. The number of Topliss-reactive ketones (excluding diaryl/α,β-unsaturated/α-hetero) is 1. The Kier molecular flexibility index (Phi) is 3.58. The first-order valence-corrected chi connectivity index (χ1v) is 7.55. The average Bonchev–Trinajstić information content (AvgIpc) is 2.90. The molecule has 1 aliphatic heterocycles. The minimum Gasteiger partial charge on any atom is -0.492 e. The summed E-state index contributed by atoms with van der Waals surface area (Å²) < 4.78 is 5.66. The molecule has 3 rings (SSSR count). The summed E-state index contributed by atoms with van der Waals surface area (Å²) in [5.41, 5.74) is 1.10. The SMILES string of the molecule is CCC1CCCC(C(=O)C2COc3ccccc32)C1. The van der Waals surface area contributed by atoms with Crippen molar-refractivity contribution in [2.75, 3.05) is 6.61 Å². The number of fused-ring (bicyclic) bond motifs is 1. The molecule has 3 unspecified atom stereocenters. The molecule has 0 spiro atoms. The first kappa shape index (κ1) is 12.7. The molecule has 1 aromatic rings. The maximum Gasteiger partial charge on any atom is 0.146 e. The van der Waals surface area contributed by atoms with E-state index in [0.717, 1.165) is 30.1 Å². The quantitative estimate of drug-likeness (QED) is 0.820. The van der Waals surface area contributed by atoms with Gasteiger partial charge in [-0.25, -0.2) is 0 Å². The third-order valence-corrected chi connectivity index (χ3v) is 4.81. The van der Waals surface area contributed by atoms with Crippen molar-refractivity contribution in [3.8, 4) is 5.75 Å². The molecule has 0 saturated heterocycles. The standard InChI is InChI=1S/C17H22O2/c1-2-12-6-5-7-13(10-12)17(18)15-11-19-16-9-4-3-8-14(15)16/h3-4,8-9,12-13,15H,2,5-7,10-11H2,1H3. The van der Waals surface area contributed by atoms with E-state index in [-0.39, 0.29) is 11.8 Å². The lowest BCUT2D eigenvalue weighted by molar-refractivity contribution is -0.126. The number of ether oxygens (including phenoxy) is 1. The number of hydrogen-bond acceptors (Lipinski definition) is 2. The third kappa shape index (κ3) is 2.41. The summed E-state index contributed by atoms with van der Waals surface area (Å²) >= 11 is 0. The molecule has 0 amide bonds. The van der Waals surface area contributed by atoms with Crippen LogP contribution in [0.2, 0.25) is 0 Å². The molecule has 2 heteroatoms. The van der Waals surface area contributed by atoms with Crippen LogP contribution in [0, 0.1) is 11.8 Å². The fourth-order valence-corrected chi connectivity index (χ4v) is 3.60. The lowest BCUT2D eigenvalue weighted by Crippen LogP contribution is -2.28. The van der Waals surface area contributed by atoms with E-state index in [1.165, 1.54) is 19.3 Å². The Labute approximate surface area is 115 Å². The second kappa shape index (κ2) is 5.36. The summed E-state index contributed by atoms with van der Waals surface area (Å²) in [6.07, 6.45) is 5.89. The fourth-order valence-electron chi connectivity index (χ4n) is 3.60. The van der Waals surface area contributed by atoms with Gasteiger partial charge in [-0.1, -0.05) is 44.4 Å². The van der Waals surface area contributed by atoms with Crippen LogP contribution < -0.4 is 4.74 Å². The van der Waals surface area contributed by atoms with Gasteiger partial charge in [-0.3, -0.25) is 4.79 Å². The highest BCUT2D eigenvalue weighted by Gasteiger charge is 2.36. The lowest BCUT2D eigenvalue weighted by atomic mass is 9.75. The topological polar surface area (TPSA) is 26.3 Å². The molecule has 1 heterocycles. The van der Waals surface area contributed by atoms with Gasteiger partial charge < -0.3 is 4.74 Å². The maximum atomic E-state index is 12.7. The van der Waals surface area contributed by atoms with Crippen LogP contribution >= 0.6 is 0 Å². The number of hydrogen-bond donors (Lipinski definition) is 0. The van der Waals surface area contributed by atoms with Crippen LogP contribution in [-0.4, -0.2) is 12.4 Å². The van der Waals surface area contributed by atoms with Gasteiger partial charge in [0.1, 0.15) is 18.1 Å². The lowest BCUT2D eigenvalue weighted by Gasteiger charge is -2.28. The highest BCUT2D eigenvalue weighted by atomic mass is 16.5. The van der Waals surface area contributed by atoms with Gasteiger partial charge >= 0.3 is 0 Å². The van der Waals surface area contributed by atoms with E-state index in [1.807, 2.05) is 24.3 Å². The van der Waals surface area contributed by atoms with E-state index in [4.69, 9.17) is 4.74 Å². The van der Waals surface area contributed by atoms with Crippen molar-refractivity contribution >= 4 is 5.78 Å². The van der Waals surface area contributed by atoms with Crippen molar-refractivity contribution in [2.24, 2.45) is 11.8 Å². The first-order chi connectivity index (χ1) is 9.29. The zero-order valence-electron chi connectivity index (χ0n) is 11.6. The van der Waals surface area contributed by atoms with Crippen molar-refractivity contribution in [1.82, 2.24) is 0 Å². The minimum absolute atomic E-state index is 0.0168. The van der Waals surface area contributed by atoms with Gasteiger partial charge in [0, 0.05) is 11.5 Å². The number of carbonyl (C=O) groups excluding carboxylic acids is 1. The predicted octanol–water partition coefficient (Wildman–Crippen LogP) is 3.95. The van der Waals surface area contributed by atoms with E-state index in [1.54, 1.807) is 0 Å². The van der Waals surface area contributed by atoms with Crippen molar-refractivity contribution in [2.45, 2.75) is 44.9 Å². The van der Waals surface area contributed by atoms with Crippen LogP contribution in [0.3, 0.4) is 0 Å². The van der Waals surface area contributed by atoms with Gasteiger partial charge in [0.15, 0.2) is 0 Å². The maximum absolute atomic E-state index is 12.7. The Morgan fingerprint density at radius 1 is 1.32 bits per heavy atom. The van der Waals surface area contributed by atoms with Gasteiger partial charge in [-0.2, -0.15) is 0 Å². The van der Waals surface area contributed by atoms with Crippen LogP contribution in [0.25, 0.3) is 0 Å². The van der Waals surface area contributed by atoms with Crippen LogP contribution in [0.1, 0.15) is 50.5 Å². The van der Waals surface area contributed by atoms with Gasteiger partial charge in [0.2, 0.25) is 0 Å². The van der Waals surface area contributed by atoms with E-state index in [0.29, 0.717) is 12.4 Å². The summed E-state index contributed by atoms with van der Waals surface area (Å²) in [6, 6.07) is 7.99.